The molecule has 3 heteroatoms. The second kappa shape index (κ2) is 8.73. The summed E-state index contributed by atoms with van der Waals surface area (Å²) in [6, 6.07) is -0.0885. The Bertz CT molecular complexity index is 170. The van der Waals surface area contributed by atoms with E-state index in [-0.39, 0.29) is 6.03 Å². The molecule has 0 spiro atoms. The first-order chi connectivity index (χ1) is 6.76. The number of rotatable bonds is 6. The summed E-state index contributed by atoms with van der Waals surface area (Å²) < 4.78 is 0. The highest BCUT2D eigenvalue weighted by Gasteiger charge is 2.09. The van der Waals surface area contributed by atoms with Crippen molar-refractivity contribution in [3.8, 4) is 0 Å². The van der Waals surface area contributed by atoms with Crippen molar-refractivity contribution >= 4 is 12.2 Å². The number of amides is 2. The molecule has 0 saturated carbocycles. The lowest BCUT2D eigenvalue weighted by atomic mass is 10.3. The van der Waals surface area contributed by atoms with Crippen molar-refractivity contribution in [3.05, 3.63) is 0 Å². The lowest BCUT2D eigenvalue weighted by Gasteiger charge is -2.19. The van der Waals surface area contributed by atoms with Crippen molar-refractivity contribution in [2.75, 3.05) is 13.1 Å². The maximum Gasteiger partial charge on any atom is 0.343 e. The van der Waals surface area contributed by atoms with Gasteiger partial charge in [-0.25, -0.2) is 9.79 Å². The van der Waals surface area contributed by atoms with Crippen LogP contribution in [0.2, 0.25) is 0 Å². The lowest BCUT2D eigenvalue weighted by molar-refractivity contribution is 0.206. The van der Waals surface area contributed by atoms with Crippen LogP contribution in [0.5, 0.6) is 0 Å². The van der Waals surface area contributed by atoms with E-state index in [1.165, 1.54) is 0 Å². The molecule has 0 aromatic rings. The zero-order chi connectivity index (χ0) is 10.8. The molecule has 0 N–H and O–H groups in total. The van der Waals surface area contributed by atoms with Gasteiger partial charge in [0, 0.05) is 19.3 Å². The average Bonchev–Trinajstić information content (AvgIpc) is 2.18. The molecule has 0 bridgehead atoms. The van der Waals surface area contributed by atoms with Crippen LogP contribution < -0.4 is 0 Å². The zero-order valence-corrected chi connectivity index (χ0v) is 9.62. The molecule has 0 aliphatic carbocycles. The third-order valence-corrected chi connectivity index (χ3v) is 2.07. The molecule has 82 valence electrons. The maximum absolute atomic E-state index is 11.5. The van der Waals surface area contributed by atoms with Crippen molar-refractivity contribution in [2.45, 2.75) is 46.5 Å². The molecule has 0 unspecified atom stereocenters. The van der Waals surface area contributed by atoms with Crippen LogP contribution in [0.1, 0.15) is 46.5 Å². The number of urea groups is 1. The Labute approximate surface area is 87.2 Å². The van der Waals surface area contributed by atoms with E-state index in [1.807, 2.05) is 4.90 Å². The maximum atomic E-state index is 11.5. The van der Waals surface area contributed by atoms with Crippen LogP contribution >= 0.6 is 0 Å². The molecule has 0 aromatic heterocycles. The summed E-state index contributed by atoms with van der Waals surface area (Å²) >= 11 is 0. The fourth-order valence-corrected chi connectivity index (χ4v) is 1.19. The van der Waals surface area contributed by atoms with E-state index in [0.717, 1.165) is 38.8 Å². The van der Waals surface area contributed by atoms with Crippen LogP contribution in [0.4, 0.5) is 4.79 Å². The molecule has 0 radical (unpaired) electrons. The molecule has 0 aliphatic heterocycles. The minimum Gasteiger partial charge on any atom is -0.323 e. The van der Waals surface area contributed by atoms with Gasteiger partial charge in [-0.05, 0) is 19.8 Å². The van der Waals surface area contributed by atoms with Gasteiger partial charge in [-0.3, -0.25) is 0 Å². The van der Waals surface area contributed by atoms with Gasteiger partial charge in [0.05, 0.1) is 0 Å². The quantitative estimate of drug-likeness (QED) is 0.604. The van der Waals surface area contributed by atoms with Crippen molar-refractivity contribution in [1.29, 1.82) is 0 Å². The van der Waals surface area contributed by atoms with E-state index < -0.39 is 0 Å². The molecule has 0 rings (SSSR count). The molecule has 0 fully saturated rings. The molecular formula is C11H22N2O. The van der Waals surface area contributed by atoms with E-state index in [1.54, 1.807) is 13.1 Å². The molecular weight excluding hydrogens is 176 g/mol. The molecule has 0 aliphatic rings. The SMILES string of the molecule is C/C=N/C(=O)N(CCCC)CCCC. The van der Waals surface area contributed by atoms with Crippen molar-refractivity contribution in [2.24, 2.45) is 4.99 Å². The van der Waals surface area contributed by atoms with Gasteiger partial charge in [0.1, 0.15) is 0 Å². The molecule has 14 heavy (non-hydrogen) atoms. The standard InChI is InChI=1S/C11H22N2O/c1-4-7-9-13(10-8-5-2)11(14)12-6-3/h6H,4-5,7-10H2,1-3H3/b12-6+. The normalized spacial score (nSPS) is 10.8. The Morgan fingerprint density at radius 2 is 1.71 bits per heavy atom. The number of aliphatic imine (C=N–C) groups is 1. The summed E-state index contributed by atoms with van der Waals surface area (Å²) in [5.41, 5.74) is 0. The van der Waals surface area contributed by atoms with Gasteiger partial charge in [0.2, 0.25) is 0 Å². The topological polar surface area (TPSA) is 32.7 Å². The van der Waals surface area contributed by atoms with E-state index in [0.29, 0.717) is 0 Å². The summed E-state index contributed by atoms with van der Waals surface area (Å²) in [7, 11) is 0. The van der Waals surface area contributed by atoms with Gasteiger partial charge < -0.3 is 4.90 Å². The Morgan fingerprint density at radius 3 is 2.07 bits per heavy atom. The number of hydrogen-bond acceptors (Lipinski definition) is 1. The Morgan fingerprint density at radius 1 is 1.21 bits per heavy atom. The van der Waals surface area contributed by atoms with Gasteiger partial charge in [-0.1, -0.05) is 26.7 Å². The lowest BCUT2D eigenvalue weighted by Crippen LogP contribution is -2.30. The number of carbonyl (C=O) groups excluding carboxylic acids is 1. The number of nitrogens with zero attached hydrogens (tertiary/aromatic N) is 2. The molecule has 0 atom stereocenters. The summed E-state index contributed by atoms with van der Waals surface area (Å²) in [5.74, 6) is 0. The number of unbranched alkanes of at least 4 members (excludes halogenated alkanes) is 2. The highest BCUT2D eigenvalue weighted by molar-refractivity contribution is 5.82. The third kappa shape index (κ3) is 5.73. The molecule has 3 nitrogen and oxygen atoms in total. The van der Waals surface area contributed by atoms with Gasteiger partial charge in [-0.2, -0.15) is 0 Å². The van der Waals surface area contributed by atoms with E-state index in [2.05, 4.69) is 18.8 Å². The Kier molecular flexibility index (Phi) is 8.19. The predicted octanol–water partition coefficient (Wildman–Crippen LogP) is 3.10. The van der Waals surface area contributed by atoms with Gasteiger partial charge >= 0.3 is 6.03 Å². The second-order valence-corrected chi connectivity index (χ2v) is 3.36. The Balaban J connectivity index is 4.01. The number of hydrogen-bond donors (Lipinski definition) is 0. The van der Waals surface area contributed by atoms with Crippen molar-refractivity contribution in [3.63, 3.8) is 0 Å². The van der Waals surface area contributed by atoms with Crippen LogP contribution in [0.3, 0.4) is 0 Å². The highest BCUT2D eigenvalue weighted by Crippen LogP contribution is 2.01. The molecule has 0 aromatic carbocycles. The predicted molar refractivity (Wildman–Crippen MR) is 61.0 cm³/mol. The first-order valence-electron chi connectivity index (χ1n) is 5.53. The Hall–Kier alpha value is -0.860. The van der Waals surface area contributed by atoms with Gasteiger partial charge in [0.15, 0.2) is 0 Å². The first kappa shape index (κ1) is 13.1. The van der Waals surface area contributed by atoms with E-state index in [9.17, 15) is 4.79 Å². The van der Waals surface area contributed by atoms with Crippen LogP contribution in [0, 0.1) is 0 Å². The van der Waals surface area contributed by atoms with E-state index in [4.69, 9.17) is 0 Å². The average molecular weight is 198 g/mol. The smallest absolute Gasteiger partial charge is 0.323 e. The molecule has 0 saturated heterocycles. The van der Waals surface area contributed by atoms with Crippen LogP contribution in [0.25, 0.3) is 0 Å². The second-order valence-electron chi connectivity index (χ2n) is 3.36. The summed E-state index contributed by atoms with van der Waals surface area (Å²) in [4.78, 5) is 17.1. The largest absolute Gasteiger partial charge is 0.343 e. The third-order valence-electron chi connectivity index (χ3n) is 2.07. The minimum absolute atomic E-state index is 0.0885. The van der Waals surface area contributed by atoms with E-state index >= 15 is 0 Å². The summed E-state index contributed by atoms with van der Waals surface area (Å²) in [6.07, 6.45) is 5.92. The first-order valence-corrected chi connectivity index (χ1v) is 5.53. The highest BCUT2D eigenvalue weighted by atomic mass is 16.2. The fourth-order valence-electron chi connectivity index (χ4n) is 1.19. The minimum atomic E-state index is -0.0885. The van der Waals surface area contributed by atoms with Gasteiger partial charge in [0.25, 0.3) is 0 Å². The zero-order valence-electron chi connectivity index (χ0n) is 9.62. The van der Waals surface area contributed by atoms with Crippen molar-refractivity contribution < 1.29 is 4.79 Å². The molecule has 2 amide bonds. The number of carbonyl (C=O) groups is 1. The van der Waals surface area contributed by atoms with Gasteiger partial charge in [-0.15, -0.1) is 0 Å². The summed E-state index contributed by atoms with van der Waals surface area (Å²) in [5, 5.41) is 0. The summed E-state index contributed by atoms with van der Waals surface area (Å²) in [6.45, 7) is 7.71. The van der Waals surface area contributed by atoms with Crippen LogP contribution in [-0.4, -0.2) is 30.2 Å². The molecule has 0 heterocycles. The monoisotopic (exact) mass is 198 g/mol. The fraction of sp³-hybridized carbons (Fsp3) is 0.818. The van der Waals surface area contributed by atoms with Crippen LogP contribution in [-0.2, 0) is 0 Å². The van der Waals surface area contributed by atoms with Crippen molar-refractivity contribution in [1.82, 2.24) is 4.90 Å². The van der Waals surface area contributed by atoms with Crippen LogP contribution in [0.15, 0.2) is 4.99 Å².